The predicted molar refractivity (Wildman–Crippen MR) is 119 cm³/mol. The first-order valence-corrected chi connectivity index (χ1v) is 10.6. The minimum Gasteiger partial charge on any atom is -0.300 e. The molecule has 0 atom stereocenters. The van der Waals surface area contributed by atoms with E-state index in [0.717, 1.165) is 15.4 Å². The van der Waals surface area contributed by atoms with Crippen LogP contribution in [0.4, 0.5) is 10.1 Å². The molecule has 0 bridgehead atoms. The van der Waals surface area contributed by atoms with Gasteiger partial charge in [-0.25, -0.2) is 9.38 Å². The molecule has 0 aromatic heterocycles. The molecular formula is C22H14ClFN2OS2. The molecule has 1 aliphatic rings. The number of nitrogens with zero attached hydrogens (tertiary/aromatic N) is 1. The Kier molecular flexibility index (Phi) is 6.04. The van der Waals surface area contributed by atoms with Gasteiger partial charge in [-0.3, -0.25) is 4.79 Å². The van der Waals surface area contributed by atoms with Gasteiger partial charge in [0, 0.05) is 14.8 Å². The lowest BCUT2D eigenvalue weighted by Crippen LogP contribution is -2.19. The third kappa shape index (κ3) is 5.29. The van der Waals surface area contributed by atoms with Gasteiger partial charge in [-0.2, -0.15) is 0 Å². The third-order valence-electron chi connectivity index (χ3n) is 3.94. The predicted octanol–water partition coefficient (Wildman–Crippen LogP) is 6.52. The minimum absolute atomic E-state index is 0.199. The van der Waals surface area contributed by atoms with Crippen molar-refractivity contribution < 1.29 is 9.18 Å². The van der Waals surface area contributed by atoms with Crippen LogP contribution in [0.25, 0.3) is 6.08 Å². The number of thioether (sulfide) groups is 1. The van der Waals surface area contributed by atoms with Gasteiger partial charge >= 0.3 is 0 Å². The molecule has 3 aromatic carbocycles. The molecule has 1 amide bonds. The number of amides is 1. The quantitative estimate of drug-likeness (QED) is 0.469. The number of hydrogen-bond donors (Lipinski definition) is 1. The van der Waals surface area contributed by atoms with Gasteiger partial charge in [0.1, 0.15) is 5.82 Å². The Hall–Kier alpha value is -2.54. The van der Waals surface area contributed by atoms with E-state index in [0.29, 0.717) is 20.8 Å². The van der Waals surface area contributed by atoms with Crippen molar-refractivity contribution in [2.75, 3.05) is 0 Å². The molecule has 0 saturated carbocycles. The van der Waals surface area contributed by atoms with Crippen LogP contribution in [0, 0.1) is 5.82 Å². The number of rotatable bonds is 4. The molecule has 144 valence electrons. The van der Waals surface area contributed by atoms with Crippen LogP contribution in [0.3, 0.4) is 0 Å². The summed E-state index contributed by atoms with van der Waals surface area (Å²) in [7, 11) is 0. The zero-order chi connectivity index (χ0) is 20.2. The Morgan fingerprint density at radius 2 is 1.55 bits per heavy atom. The summed E-state index contributed by atoms with van der Waals surface area (Å²) in [6, 6.07) is 21.4. The number of benzene rings is 3. The lowest BCUT2D eigenvalue weighted by molar-refractivity contribution is -0.115. The molecule has 0 spiro atoms. The lowest BCUT2D eigenvalue weighted by Gasteiger charge is -2.03. The van der Waals surface area contributed by atoms with Crippen LogP contribution in [0.1, 0.15) is 5.56 Å². The van der Waals surface area contributed by atoms with Crippen molar-refractivity contribution in [3.63, 3.8) is 0 Å². The average Bonchev–Trinajstić information content (AvgIpc) is 3.06. The van der Waals surface area contributed by atoms with Gasteiger partial charge in [-0.15, -0.1) is 0 Å². The highest BCUT2D eigenvalue weighted by molar-refractivity contribution is 8.18. The molecule has 0 radical (unpaired) electrons. The molecule has 0 aliphatic carbocycles. The Bertz CT molecular complexity index is 1100. The van der Waals surface area contributed by atoms with Crippen molar-refractivity contribution in [3.8, 4) is 0 Å². The number of aliphatic imine (C=N–C) groups is 1. The zero-order valence-corrected chi connectivity index (χ0v) is 17.3. The van der Waals surface area contributed by atoms with E-state index in [1.54, 1.807) is 23.9 Å². The molecule has 1 N–H and O–H groups in total. The summed E-state index contributed by atoms with van der Waals surface area (Å²) < 4.78 is 13.0. The van der Waals surface area contributed by atoms with E-state index in [9.17, 15) is 9.18 Å². The van der Waals surface area contributed by atoms with Gasteiger partial charge in [-0.1, -0.05) is 35.5 Å². The van der Waals surface area contributed by atoms with Gasteiger partial charge in [0.15, 0.2) is 5.17 Å². The SMILES string of the molecule is O=C1NC(=Nc2ccc(F)cc2)SC1=Cc1ccc(Sc2ccc(Cl)cc2)cc1. The van der Waals surface area contributed by atoms with Gasteiger partial charge in [0.25, 0.3) is 5.91 Å². The van der Waals surface area contributed by atoms with Crippen LogP contribution in [0.5, 0.6) is 0 Å². The molecule has 1 aliphatic heterocycles. The number of amidine groups is 1. The molecule has 1 saturated heterocycles. The average molecular weight is 441 g/mol. The van der Waals surface area contributed by atoms with Gasteiger partial charge in [0.2, 0.25) is 0 Å². The second-order valence-corrected chi connectivity index (χ2v) is 8.70. The normalized spacial score (nSPS) is 16.4. The first-order valence-electron chi connectivity index (χ1n) is 8.64. The van der Waals surface area contributed by atoms with Gasteiger partial charge in [-0.05, 0) is 84.1 Å². The minimum atomic E-state index is -0.324. The Morgan fingerprint density at radius 3 is 2.21 bits per heavy atom. The Morgan fingerprint density at radius 1 is 0.931 bits per heavy atom. The molecule has 1 heterocycles. The van der Waals surface area contributed by atoms with Crippen LogP contribution >= 0.6 is 35.1 Å². The molecular weight excluding hydrogens is 427 g/mol. The standard InChI is InChI=1S/C22H14ClFN2OS2/c23-15-3-11-19(12-4-15)28-18-9-1-14(2-10-18)13-20-21(27)26-22(29-20)25-17-7-5-16(24)6-8-17/h1-13H,(H,25,26,27). The molecule has 29 heavy (non-hydrogen) atoms. The van der Waals surface area contributed by atoms with Crippen LogP contribution < -0.4 is 5.32 Å². The molecule has 0 unspecified atom stereocenters. The van der Waals surface area contributed by atoms with Crippen LogP contribution in [-0.4, -0.2) is 11.1 Å². The monoisotopic (exact) mass is 440 g/mol. The van der Waals surface area contributed by atoms with E-state index in [4.69, 9.17) is 11.6 Å². The summed E-state index contributed by atoms with van der Waals surface area (Å²) in [5.74, 6) is -0.522. The van der Waals surface area contributed by atoms with Gasteiger partial charge in [0.05, 0.1) is 10.6 Å². The number of nitrogens with one attached hydrogen (secondary N) is 1. The molecule has 3 aromatic rings. The van der Waals surface area contributed by atoms with Crippen molar-refractivity contribution in [1.29, 1.82) is 0 Å². The highest BCUT2D eigenvalue weighted by atomic mass is 35.5. The molecule has 7 heteroatoms. The van der Waals surface area contributed by atoms with Crippen molar-refractivity contribution in [3.05, 3.63) is 94.1 Å². The summed E-state index contributed by atoms with van der Waals surface area (Å²) in [5, 5.41) is 3.92. The highest BCUT2D eigenvalue weighted by Crippen LogP contribution is 2.31. The summed E-state index contributed by atoms with van der Waals surface area (Å²) in [5.41, 5.74) is 1.50. The van der Waals surface area contributed by atoms with E-state index in [2.05, 4.69) is 10.3 Å². The number of carbonyl (C=O) groups is 1. The van der Waals surface area contributed by atoms with E-state index in [1.807, 2.05) is 54.6 Å². The lowest BCUT2D eigenvalue weighted by atomic mass is 10.2. The second kappa shape index (κ2) is 8.86. The topological polar surface area (TPSA) is 41.5 Å². The Balaban J connectivity index is 1.45. The van der Waals surface area contributed by atoms with Crippen molar-refractivity contribution in [1.82, 2.24) is 5.32 Å². The fourth-order valence-corrected chi connectivity index (χ4v) is 4.32. The van der Waals surface area contributed by atoms with Crippen molar-refractivity contribution >= 4 is 58.0 Å². The number of hydrogen-bond acceptors (Lipinski definition) is 4. The maximum Gasteiger partial charge on any atom is 0.264 e. The van der Waals surface area contributed by atoms with Crippen LogP contribution in [0.2, 0.25) is 5.02 Å². The maximum atomic E-state index is 13.0. The fourth-order valence-electron chi connectivity index (χ4n) is 2.54. The third-order valence-corrected chi connectivity index (χ3v) is 6.11. The van der Waals surface area contributed by atoms with Crippen LogP contribution in [0.15, 0.2) is 92.5 Å². The van der Waals surface area contributed by atoms with Crippen molar-refractivity contribution in [2.45, 2.75) is 9.79 Å². The second-order valence-electron chi connectivity index (χ2n) is 6.08. The van der Waals surface area contributed by atoms with E-state index < -0.39 is 0 Å². The smallest absolute Gasteiger partial charge is 0.264 e. The first-order chi connectivity index (χ1) is 14.0. The number of halogens is 2. The molecule has 3 nitrogen and oxygen atoms in total. The Labute approximate surface area is 181 Å². The van der Waals surface area contributed by atoms with E-state index >= 15 is 0 Å². The maximum absolute atomic E-state index is 13.0. The van der Waals surface area contributed by atoms with Crippen LogP contribution in [-0.2, 0) is 4.79 Å². The first kappa shape index (κ1) is 19.8. The van der Waals surface area contributed by atoms with E-state index in [-0.39, 0.29) is 11.7 Å². The summed E-state index contributed by atoms with van der Waals surface area (Å²) in [4.78, 5) is 19.3. The summed E-state index contributed by atoms with van der Waals surface area (Å²) in [6.45, 7) is 0. The fraction of sp³-hybridized carbons (Fsp3) is 0. The summed E-state index contributed by atoms with van der Waals surface area (Å²) >= 11 is 8.82. The summed E-state index contributed by atoms with van der Waals surface area (Å²) in [6.07, 6.45) is 1.82. The number of carbonyl (C=O) groups excluding carboxylic acids is 1. The largest absolute Gasteiger partial charge is 0.300 e. The highest BCUT2D eigenvalue weighted by Gasteiger charge is 2.23. The zero-order valence-electron chi connectivity index (χ0n) is 14.9. The molecule has 1 fully saturated rings. The van der Waals surface area contributed by atoms with Crippen molar-refractivity contribution in [2.24, 2.45) is 4.99 Å². The molecule has 4 rings (SSSR count). The van der Waals surface area contributed by atoms with E-state index in [1.165, 1.54) is 23.9 Å². The van der Waals surface area contributed by atoms with Gasteiger partial charge < -0.3 is 5.32 Å².